The van der Waals surface area contributed by atoms with E-state index in [0.717, 1.165) is 12.0 Å². The van der Waals surface area contributed by atoms with Crippen LogP contribution in [-0.4, -0.2) is 45.2 Å². The van der Waals surface area contributed by atoms with Crippen molar-refractivity contribution in [2.45, 2.75) is 86.0 Å². The van der Waals surface area contributed by atoms with Crippen molar-refractivity contribution in [2.75, 3.05) is 6.61 Å². The highest BCUT2D eigenvalue weighted by Crippen LogP contribution is 2.54. The topological polar surface area (TPSA) is 26.7 Å². The Bertz CT molecular complexity index is 329. The van der Waals surface area contributed by atoms with Crippen molar-refractivity contribution < 1.29 is 5.11 Å². The fourth-order valence-electron chi connectivity index (χ4n) is 2.91. The molecule has 0 aliphatic rings. The largest absolute Gasteiger partial charge is 0.396 e. The molecule has 0 spiro atoms. The van der Waals surface area contributed by atoms with Gasteiger partial charge in [-0.15, -0.1) is 0 Å². The zero-order chi connectivity index (χ0) is 17.6. The van der Waals surface area contributed by atoms with Crippen LogP contribution < -0.4 is 0 Å². The fraction of sp³-hybridized carbons (Fsp3) is 0.882. The van der Waals surface area contributed by atoms with E-state index in [9.17, 15) is 5.11 Å². The molecule has 3 atom stereocenters. The third-order valence-electron chi connectivity index (χ3n) is 3.96. The molecule has 0 aromatic carbocycles. The molecule has 3 nitrogen and oxygen atoms in total. The summed E-state index contributed by atoms with van der Waals surface area (Å²) in [5, 5.41) is 9.57. The molecule has 132 valence electrons. The summed E-state index contributed by atoms with van der Waals surface area (Å²) in [6.45, 7) is 21.6. The number of aliphatic hydroxyl groups excluding tert-OH is 1. The Hall–Kier alpha value is 0.340. The van der Waals surface area contributed by atoms with Gasteiger partial charge in [0.05, 0.1) is 0 Å². The minimum Gasteiger partial charge on any atom is -0.396 e. The molecule has 3 unspecified atom stereocenters. The molecule has 0 bridgehead atoms. The van der Waals surface area contributed by atoms with E-state index < -0.39 is 7.58 Å². The lowest BCUT2D eigenvalue weighted by Gasteiger charge is -2.44. The molecular weight excluding hydrogens is 315 g/mol. The number of aliphatic hydroxyl groups is 1. The maximum atomic E-state index is 9.57. The first-order chi connectivity index (χ1) is 10.0. The molecule has 22 heavy (non-hydrogen) atoms. The van der Waals surface area contributed by atoms with Crippen molar-refractivity contribution in [1.82, 2.24) is 9.34 Å². The summed E-state index contributed by atoms with van der Waals surface area (Å²) in [6.07, 6.45) is 0.888. The molecule has 0 heterocycles. The Balaban J connectivity index is 5.23. The summed E-state index contributed by atoms with van der Waals surface area (Å²) in [6, 6.07) is 1.49. The van der Waals surface area contributed by atoms with Crippen molar-refractivity contribution in [1.29, 1.82) is 0 Å². The van der Waals surface area contributed by atoms with Crippen LogP contribution in [0.15, 0.2) is 12.2 Å². The van der Waals surface area contributed by atoms with E-state index in [4.69, 9.17) is 11.2 Å². The quantitative estimate of drug-likeness (QED) is 0.431. The highest BCUT2D eigenvalue weighted by molar-refractivity contribution is 7.80. The predicted molar refractivity (Wildman–Crippen MR) is 101 cm³/mol. The van der Waals surface area contributed by atoms with Gasteiger partial charge in [0.2, 0.25) is 0 Å². The van der Waals surface area contributed by atoms with E-state index >= 15 is 0 Å². The minimum atomic E-state index is -0.892. The number of halogens is 1. The Kier molecular flexibility index (Phi) is 10.4. The molecule has 1 N–H and O–H groups in total. The summed E-state index contributed by atoms with van der Waals surface area (Å²) < 4.78 is 4.80. The second kappa shape index (κ2) is 10.3. The number of rotatable bonds is 10. The molecule has 0 rings (SSSR count). The second-order valence-electron chi connectivity index (χ2n) is 7.09. The lowest BCUT2D eigenvalue weighted by atomic mass is 9.95. The van der Waals surface area contributed by atoms with E-state index in [2.05, 4.69) is 64.4 Å². The molecule has 0 fully saturated rings. The number of nitrogens with zero attached hydrogens (tertiary/aromatic N) is 2. The number of hydrogen-bond donors (Lipinski definition) is 1. The Morgan fingerprint density at radius 3 is 1.68 bits per heavy atom. The van der Waals surface area contributed by atoms with Crippen molar-refractivity contribution in [2.24, 2.45) is 5.92 Å². The average Bonchev–Trinajstić information content (AvgIpc) is 2.33. The standard InChI is InChI=1S/C17H36ClN2OP/c1-12(2)17(11-21)10-16(9)20(15(7)8)22(18)19(13(3)4)14(5)6/h13-17,21H,1,10-11H2,2-9H3. The van der Waals surface area contributed by atoms with Gasteiger partial charge >= 0.3 is 0 Å². The molecule has 0 amide bonds. The Morgan fingerprint density at radius 1 is 1.00 bits per heavy atom. The van der Waals surface area contributed by atoms with Crippen LogP contribution in [0.25, 0.3) is 0 Å². The molecule has 0 aromatic rings. The van der Waals surface area contributed by atoms with Gasteiger partial charge in [0, 0.05) is 36.7 Å². The highest BCUT2D eigenvalue weighted by Gasteiger charge is 2.33. The minimum absolute atomic E-state index is 0.142. The van der Waals surface area contributed by atoms with Crippen LogP contribution in [0, 0.1) is 5.92 Å². The van der Waals surface area contributed by atoms with Crippen LogP contribution in [0.2, 0.25) is 0 Å². The van der Waals surface area contributed by atoms with Crippen molar-refractivity contribution >= 4 is 18.8 Å². The third-order valence-corrected chi connectivity index (χ3v) is 7.55. The molecule has 0 aliphatic carbocycles. The average molecular weight is 351 g/mol. The molecule has 0 radical (unpaired) electrons. The van der Waals surface area contributed by atoms with Crippen LogP contribution in [0.3, 0.4) is 0 Å². The Morgan fingerprint density at radius 2 is 1.41 bits per heavy atom. The molecule has 0 aromatic heterocycles. The van der Waals surface area contributed by atoms with Crippen LogP contribution in [0.4, 0.5) is 0 Å². The lowest BCUT2D eigenvalue weighted by Crippen LogP contribution is -2.42. The number of hydrogen-bond acceptors (Lipinski definition) is 3. The summed E-state index contributed by atoms with van der Waals surface area (Å²) in [5.74, 6) is 0.142. The summed E-state index contributed by atoms with van der Waals surface area (Å²) >= 11 is 6.93. The van der Waals surface area contributed by atoms with E-state index in [1.54, 1.807) is 0 Å². The smallest absolute Gasteiger partial charge is 0.141 e. The van der Waals surface area contributed by atoms with Gasteiger partial charge in [-0.25, -0.2) is 0 Å². The van der Waals surface area contributed by atoms with Crippen molar-refractivity contribution in [3.05, 3.63) is 12.2 Å². The maximum Gasteiger partial charge on any atom is 0.141 e. The van der Waals surface area contributed by atoms with Gasteiger partial charge in [-0.3, -0.25) is 9.34 Å². The van der Waals surface area contributed by atoms with Gasteiger partial charge in [0.1, 0.15) is 7.58 Å². The zero-order valence-corrected chi connectivity index (χ0v) is 17.3. The summed E-state index contributed by atoms with van der Waals surface area (Å²) in [5.41, 5.74) is 1.04. The van der Waals surface area contributed by atoms with Crippen LogP contribution in [-0.2, 0) is 0 Å². The van der Waals surface area contributed by atoms with Gasteiger partial charge < -0.3 is 5.11 Å². The fourth-order valence-corrected chi connectivity index (χ4v) is 6.73. The molecule has 0 aliphatic heterocycles. The highest BCUT2D eigenvalue weighted by atomic mass is 35.7. The van der Waals surface area contributed by atoms with Crippen LogP contribution >= 0.6 is 18.8 Å². The summed E-state index contributed by atoms with van der Waals surface area (Å²) in [4.78, 5) is 0. The van der Waals surface area contributed by atoms with Gasteiger partial charge in [-0.1, -0.05) is 23.4 Å². The van der Waals surface area contributed by atoms with Crippen LogP contribution in [0.1, 0.15) is 61.8 Å². The third kappa shape index (κ3) is 6.45. The first-order valence-corrected chi connectivity index (χ1v) is 10.5. The monoisotopic (exact) mass is 350 g/mol. The van der Waals surface area contributed by atoms with Gasteiger partial charge in [-0.2, -0.15) is 0 Å². The zero-order valence-electron chi connectivity index (χ0n) is 15.7. The van der Waals surface area contributed by atoms with E-state index in [0.29, 0.717) is 24.2 Å². The summed E-state index contributed by atoms with van der Waals surface area (Å²) in [7, 11) is -0.892. The van der Waals surface area contributed by atoms with Crippen LogP contribution in [0.5, 0.6) is 0 Å². The molecular formula is C17H36ClN2OP. The Labute approximate surface area is 144 Å². The molecule has 0 saturated heterocycles. The maximum absolute atomic E-state index is 9.57. The molecule has 5 heteroatoms. The first-order valence-electron chi connectivity index (χ1n) is 8.33. The van der Waals surface area contributed by atoms with Gasteiger partial charge in [0.15, 0.2) is 0 Å². The van der Waals surface area contributed by atoms with Crippen molar-refractivity contribution in [3.8, 4) is 0 Å². The van der Waals surface area contributed by atoms with E-state index in [1.807, 2.05) is 6.92 Å². The lowest BCUT2D eigenvalue weighted by molar-refractivity contribution is 0.194. The predicted octanol–water partition coefficient (Wildman–Crippen LogP) is 5.24. The SMILES string of the molecule is C=C(C)C(CO)CC(C)N(C(C)C)P(Cl)N(C(C)C)C(C)C. The molecule has 0 saturated carbocycles. The van der Waals surface area contributed by atoms with Gasteiger partial charge in [-0.05, 0) is 61.8 Å². The van der Waals surface area contributed by atoms with Gasteiger partial charge in [0.25, 0.3) is 0 Å². The second-order valence-corrected chi connectivity index (χ2v) is 9.40. The first kappa shape index (κ1) is 22.3. The van der Waals surface area contributed by atoms with Crippen molar-refractivity contribution in [3.63, 3.8) is 0 Å². The van der Waals surface area contributed by atoms with E-state index in [-0.39, 0.29) is 12.5 Å². The van der Waals surface area contributed by atoms with E-state index in [1.165, 1.54) is 0 Å². The normalized spacial score (nSPS) is 16.9.